The number of hydrogen-bond donors (Lipinski definition) is 2. The molecule has 1 atom stereocenters. The summed E-state index contributed by atoms with van der Waals surface area (Å²) in [4.78, 5) is 25.2. The van der Waals surface area contributed by atoms with Crippen LogP contribution >= 0.6 is 0 Å². The van der Waals surface area contributed by atoms with Crippen LogP contribution in [0.2, 0.25) is 0 Å². The van der Waals surface area contributed by atoms with Crippen LogP contribution in [-0.2, 0) is 26.2 Å². The van der Waals surface area contributed by atoms with Crippen LogP contribution in [0.5, 0.6) is 0 Å². The Balaban J connectivity index is 1.52. The zero-order valence-electron chi connectivity index (χ0n) is 21.1. The standard InChI is InChI=1S/C27H37N3O4S/c1-5-20(4)26(31)29-24-8-6-7-21(17-24)18-28-27(32)23-13-15-30(16-14-23)35(33,34)25-11-9-22(10-12-25)19(2)3/h6-12,17,19-20,23H,5,13-16,18H2,1-4H3,(H,28,32)(H,29,31). The third-order valence-corrected chi connectivity index (χ3v) is 8.64. The lowest BCUT2D eigenvalue weighted by molar-refractivity contribution is -0.126. The van der Waals surface area contributed by atoms with Crippen molar-refractivity contribution in [2.24, 2.45) is 11.8 Å². The van der Waals surface area contributed by atoms with Crippen LogP contribution in [-0.4, -0.2) is 37.6 Å². The minimum Gasteiger partial charge on any atom is -0.352 e. The minimum absolute atomic E-state index is 0.0220. The number of hydrogen-bond acceptors (Lipinski definition) is 4. The van der Waals surface area contributed by atoms with Crippen LogP contribution in [0.4, 0.5) is 5.69 Å². The topological polar surface area (TPSA) is 95.6 Å². The van der Waals surface area contributed by atoms with Crippen molar-refractivity contribution < 1.29 is 18.0 Å². The molecule has 0 saturated carbocycles. The van der Waals surface area contributed by atoms with E-state index in [1.165, 1.54) is 4.31 Å². The molecule has 190 valence electrons. The molecule has 0 bridgehead atoms. The maximum atomic E-state index is 13.0. The Morgan fingerprint density at radius 2 is 1.69 bits per heavy atom. The van der Waals surface area contributed by atoms with Gasteiger partial charge in [-0.2, -0.15) is 4.31 Å². The van der Waals surface area contributed by atoms with Crippen molar-refractivity contribution in [1.29, 1.82) is 0 Å². The van der Waals surface area contributed by atoms with E-state index in [1.807, 2.05) is 50.2 Å². The largest absolute Gasteiger partial charge is 0.352 e. The summed E-state index contributed by atoms with van der Waals surface area (Å²) in [7, 11) is -3.56. The number of rotatable bonds is 9. The summed E-state index contributed by atoms with van der Waals surface area (Å²) < 4.78 is 27.5. The zero-order chi connectivity index (χ0) is 25.6. The molecule has 2 N–H and O–H groups in total. The molecule has 35 heavy (non-hydrogen) atoms. The number of piperidine rings is 1. The van der Waals surface area contributed by atoms with Gasteiger partial charge >= 0.3 is 0 Å². The van der Waals surface area contributed by atoms with Gasteiger partial charge < -0.3 is 10.6 Å². The van der Waals surface area contributed by atoms with Crippen molar-refractivity contribution in [1.82, 2.24) is 9.62 Å². The van der Waals surface area contributed by atoms with Crippen LogP contribution in [0.25, 0.3) is 0 Å². The van der Waals surface area contributed by atoms with Crippen molar-refractivity contribution in [3.05, 3.63) is 59.7 Å². The van der Waals surface area contributed by atoms with E-state index >= 15 is 0 Å². The highest BCUT2D eigenvalue weighted by atomic mass is 32.2. The Bertz CT molecular complexity index is 1120. The van der Waals surface area contributed by atoms with E-state index in [0.717, 1.165) is 17.5 Å². The van der Waals surface area contributed by atoms with Crippen molar-refractivity contribution in [3.63, 3.8) is 0 Å². The Hall–Kier alpha value is -2.71. The summed E-state index contributed by atoms with van der Waals surface area (Å²) in [5, 5.41) is 5.88. The highest BCUT2D eigenvalue weighted by molar-refractivity contribution is 7.89. The molecule has 2 aromatic rings. The first-order valence-electron chi connectivity index (χ1n) is 12.4. The smallest absolute Gasteiger partial charge is 0.243 e. The average molecular weight is 500 g/mol. The molecule has 1 aliphatic heterocycles. The number of nitrogens with zero attached hydrogens (tertiary/aromatic N) is 1. The van der Waals surface area contributed by atoms with Gasteiger partial charge in [-0.3, -0.25) is 9.59 Å². The van der Waals surface area contributed by atoms with Crippen LogP contribution in [0.1, 0.15) is 64.0 Å². The fourth-order valence-electron chi connectivity index (χ4n) is 4.08. The van der Waals surface area contributed by atoms with Gasteiger partial charge in [-0.25, -0.2) is 8.42 Å². The first-order chi connectivity index (χ1) is 16.6. The Kier molecular flexibility index (Phi) is 9.08. The van der Waals surface area contributed by atoms with E-state index in [4.69, 9.17) is 0 Å². The molecule has 1 aliphatic rings. The summed E-state index contributed by atoms with van der Waals surface area (Å²) >= 11 is 0. The predicted octanol–water partition coefficient (Wildman–Crippen LogP) is 4.51. The third-order valence-electron chi connectivity index (χ3n) is 6.73. The summed E-state index contributed by atoms with van der Waals surface area (Å²) in [5.74, 6) is -0.0406. The van der Waals surface area contributed by atoms with Gasteiger partial charge in [0.2, 0.25) is 21.8 Å². The van der Waals surface area contributed by atoms with Gasteiger partial charge in [0.05, 0.1) is 4.90 Å². The normalized spacial score (nSPS) is 16.1. The Labute approximate surface area is 209 Å². The number of nitrogens with one attached hydrogen (secondary N) is 2. The fourth-order valence-corrected chi connectivity index (χ4v) is 5.55. The molecule has 0 radical (unpaired) electrons. The summed E-state index contributed by atoms with van der Waals surface area (Å²) in [5.41, 5.74) is 2.70. The second kappa shape index (κ2) is 11.8. The second-order valence-corrected chi connectivity index (χ2v) is 11.6. The quantitative estimate of drug-likeness (QED) is 0.531. The molecule has 0 aromatic heterocycles. The number of sulfonamides is 1. The highest BCUT2D eigenvalue weighted by Gasteiger charge is 2.32. The Morgan fingerprint density at radius 3 is 2.29 bits per heavy atom. The zero-order valence-corrected chi connectivity index (χ0v) is 21.9. The molecule has 1 saturated heterocycles. The number of carbonyl (C=O) groups excluding carboxylic acids is 2. The van der Waals surface area contributed by atoms with Crippen LogP contribution in [0.3, 0.4) is 0 Å². The van der Waals surface area contributed by atoms with Gasteiger partial charge in [0.25, 0.3) is 0 Å². The average Bonchev–Trinajstić information content (AvgIpc) is 2.87. The molecule has 8 heteroatoms. The van der Waals surface area contributed by atoms with E-state index < -0.39 is 10.0 Å². The van der Waals surface area contributed by atoms with Gasteiger partial charge in [0.1, 0.15) is 0 Å². The fraction of sp³-hybridized carbons (Fsp3) is 0.481. The van der Waals surface area contributed by atoms with Gasteiger partial charge in [-0.05, 0) is 60.6 Å². The number of amides is 2. The first-order valence-corrected chi connectivity index (χ1v) is 13.8. The number of carbonyl (C=O) groups is 2. The van der Waals surface area contributed by atoms with Gasteiger partial charge in [-0.15, -0.1) is 0 Å². The summed E-state index contributed by atoms with van der Waals surface area (Å²) in [6, 6.07) is 14.5. The van der Waals surface area contributed by atoms with E-state index in [9.17, 15) is 18.0 Å². The van der Waals surface area contributed by atoms with E-state index in [0.29, 0.717) is 49.0 Å². The van der Waals surface area contributed by atoms with Gasteiger partial charge in [0, 0.05) is 37.2 Å². The molecule has 2 aromatic carbocycles. The van der Waals surface area contributed by atoms with Crippen molar-refractivity contribution in [2.45, 2.75) is 64.3 Å². The van der Waals surface area contributed by atoms with Crippen molar-refractivity contribution in [3.8, 4) is 0 Å². The molecule has 2 amide bonds. The highest BCUT2D eigenvalue weighted by Crippen LogP contribution is 2.25. The molecule has 1 fully saturated rings. The lowest BCUT2D eigenvalue weighted by atomic mass is 9.97. The maximum Gasteiger partial charge on any atom is 0.243 e. The summed E-state index contributed by atoms with van der Waals surface area (Å²) in [6.07, 6.45) is 1.74. The molecule has 1 heterocycles. The first kappa shape index (κ1) is 26.9. The van der Waals surface area contributed by atoms with Gasteiger partial charge in [-0.1, -0.05) is 52.0 Å². The molecule has 0 aliphatic carbocycles. The summed E-state index contributed by atoms with van der Waals surface area (Å²) in [6.45, 7) is 9.00. The molecular weight excluding hydrogens is 462 g/mol. The SMILES string of the molecule is CCC(C)C(=O)Nc1cccc(CNC(=O)C2CCN(S(=O)(=O)c3ccc(C(C)C)cc3)CC2)c1. The lowest BCUT2D eigenvalue weighted by Crippen LogP contribution is -2.42. The lowest BCUT2D eigenvalue weighted by Gasteiger charge is -2.30. The molecule has 1 unspecified atom stereocenters. The number of anilines is 1. The van der Waals surface area contributed by atoms with Crippen LogP contribution in [0.15, 0.2) is 53.4 Å². The van der Waals surface area contributed by atoms with Crippen LogP contribution in [0, 0.1) is 11.8 Å². The molecular formula is C27H37N3O4S. The van der Waals surface area contributed by atoms with Crippen molar-refractivity contribution >= 4 is 27.5 Å². The molecule has 0 spiro atoms. The van der Waals surface area contributed by atoms with E-state index in [2.05, 4.69) is 24.5 Å². The second-order valence-electron chi connectivity index (χ2n) is 9.62. The monoisotopic (exact) mass is 499 g/mol. The molecule has 3 rings (SSSR count). The number of benzene rings is 2. The van der Waals surface area contributed by atoms with Gasteiger partial charge in [0.15, 0.2) is 0 Å². The maximum absolute atomic E-state index is 13.0. The molecule has 7 nitrogen and oxygen atoms in total. The predicted molar refractivity (Wildman–Crippen MR) is 138 cm³/mol. The van der Waals surface area contributed by atoms with Crippen LogP contribution < -0.4 is 10.6 Å². The third kappa shape index (κ3) is 6.92. The van der Waals surface area contributed by atoms with Crippen molar-refractivity contribution in [2.75, 3.05) is 18.4 Å². The minimum atomic E-state index is -3.56. The Morgan fingerprint density at radius 1 is 1.03 bits per heavy atom. The van der Waals surface area contributed by atoms with E-state index in [1.54, 1.807) is 12.1 Å². The van der Waals surface area contributed by atoms with E-state index in [-0.39, 0.29) is 23.7 Å².